The predicted octanol–water partition coefficient (Wildman–Crippen LogP) is -0.908. The maximum atomic E-state index is 2.97. The van der Waals surface area contributed by atoms with Crippen molar-refractivity contribution in [3.63, 3.8) is 0 Å². The molecule has 1 fully saturated rings. The Morgan fingerprint density at radius 3 is 2.00 bits per heavy atom. The van der Waals surface area contributed by atoms with Crippen LogP contribution in [0.1, 0.15) is 6.42 Å². The zero-order valence-corrected chi connectivity index (χ0v) is 5.98. The summed E-state index contributed by atoms with van der Waals surface area (Å²) in [6.07, 6.45) is 5.17. The minimum absolute atomic E-state index is 0.958. The van der Waals surface area contributed by atoms with E-state index in [2.05, 4.69) is 21.7 Å². The Labute approximate surface area is 61.0 Å². The molecule has 0 unspecified atom stereocenters. The Balaban J connectivity index is 0.0000001000. The molecule has 58 valence electrons. The van der Waals surface area contributed by atoms with Crippen molar-refractivity contribution in [2.45, 2.75) is 6.42 Å². The zero-order valence-electron chi connectivity index (χ0n) is 5.98. The van der Waals surface area contributed by atoms with Gasteiger partial charge >= 0.3 is 0 Å². The molecule has 0 spiro atoms. The number of hydrazine groups is 2. The first-order valence-electron chi connectivity index (χ1n) is 3.59. The molecular formula is C6H14N4. The second-order valence-corrected chi connectivity index (χ2v) is 2.13. The van der Waals surface area contributed by atoms with E-state index in [0.29, 0.717) is 0 Å². The topological polar surface area (TPSA) is 48.1 Å². The van der Waals surface area contributed by atoms with Crippen molar-refractivity contribution in [2.24, 2.45) is 0 Å². The molecule has 0 saturated carbocycles. The van der Waals surface area contributed by atoms with Gasteiger partial charge in [-0.3, -0.25) is 10.9 Å². The third-order valence-electron chi connectivity index (χ3n) is 1.25. The average Bonchev–Trinajstić information content (AvgIpc) is 2.67. The Hall–Kier alpha value is -0.580. The maximum absolute atomic E-state index is 2.97. The van der Waals surface area contributed by atoms with Crippen molar-refractivity contribution in [1.29, 1.82) is 0 Å². The lowest BCUT2D eigenvalue weighted by atomic mass is 10.5. The Kier molecular flexibility index (Phi) is 3.93. The van der Waals surface area contributed by atoms with Crippen LogP contribution in [0.15, 0.2) is 12.3 Å². The molecular weight excluding hydrogens is 128 g/mol. The van der Waals surface area contributed by atoms with Crippen LogP contribution in [0, 0.1) is 0 Å². The van der Waals surface area contributed by atoms with E-state index in [9.17, 15) is 0 Å². The zero-order chi connectivity index (χ0) is 7.07. The summed E-state index contributed by atoms with van der Waals surface area (Å²) in [5.41, 5.74) is 11.6. The van der Waals surface area contributed by atoms with Crippen molar-refractivity contribution >= 4 is 0 Å². The molecule has 2 aliphatic rings. The van der Waals surface area contributed by atoms with Gasteiger partial charge in [-0.1, -0.05) is 6.08 Å². The standard InChI is InChI=1S/C3H8N2.C3H6N2/c2*1-2-4-5-3-1/h4-5H,1-3H2;1-2,4-5H,3H2. The van der Waals surface area contributed by atoms with E-state index in [1.807, 2.05) is 12.3 Å². The van der Waals surface area contributed by atoms with E-state index < -0.39 is 0 Å². The van der Waals surface area contributed by atoms with Gasteiger partial charge in [-0.15, -0.1) is 0 Å². The van der Waals surface area contributed by atoms with Gasteiger partial charge in [-0.05, 0) is 6.42 Å². The maximum Gasteiger partial charge on any atom is 0.0345 e. The van der Waals surface area contributed by atoms with E-state index >= 15 is 0 Å². The first-order valence-corrected chi connectivity index (χ1v) is 3.59. The van der Waals surface area contributed by atoms with Crippen molar-refractivity contribution < 1.29 is 0 Å². The Bertz CT molecular complexity index is 84.3. The second-order valence-electron chi connectivity index (χ2n) is 2.13. The molecule has 0 radical (unpaired) electrons. The van der Waals surface area contributed by atoms with Gasteiger partial charge < -0.3 is 5.43 Å². The van der Waals surface area contributed by atoms with E-state index in [-0.39, 0.29) is 0 Å². The first kappa shape index (κ1) is 7.53. The summed E-state index contributed by atoms with van der Waals surface area (Å²) in [6.45, 7) is 3.24. The van der Waals surface area contributed by atoms with E-state index in [1.54, 1.807) is 0 Å². The summed E-state index contributed by atoms with van der Waals surface area (Å²) in [5.74, 6) is 0. The molecule has 0 bridgehead atoms. The summed E-state index contributed by atoms with van der Waals surface area (Å²) in [5, 5.41) is 0. The van der Waals surface area contributed by atoms with Crippen LogP contribution in [0.3, 0.4) is 0 Å². The van der Waals surface area contributed by atoms with Crippen LogP contribution in [0.4, 0.5) is 0 Å². The Morgan fingerprint density at radius 2 is 1.80 bits per heavy atom. The summed E-state index contributed by atoms with van der Waals surface area (Å²) < 4.78 is 0. The van der Waals surface area contributed by atoms with Crippen LogP contribution in [-0.2, 0) is 0 Å². The fourth-order valence-electron chi connectivity index (χ4n) is 0.737. The molecule has 4 heteroatoms. The average molecular weight is 142 g/mol. The van der Waals surface area contributed by atoms with Gasteiger partial charge in [0.1, 0.15) is 0 Å². The largest absolute Gasteiger partial charge is 0.329 e. The normalized spacial score (nSPS) is 21.6. The van der Waals surface area contributed by atoms with E-state index in [4.69, 9.17) is 0 Å². The Morgan fingerprint density at radius 1 is 1.00 bits per heavy atom. The van der Waals surface area contributed by atoms with Crippen molar-refractivity contribution in [3.8, 4) is 0 Å². The number of nitrogens with one attached hydrogen (secondary N) is 4. The predicted molar refractivity (Wildman–Crippen MR) is 40.9 cm³/mol. The van der Waals surface area contributed by atoms with Crippen LogP contribution >= 0.6 is 0 Å². The highest BCUT2D eigenvalue weighted by atomic mass is 15.4. The minimum atomic E-state index is 0.958. The van der Waals surface area contributed by atoms with Gasteiger partial charge in [-0.25, -0.2) is 5.43 Å². The molecule has 2 rings (SSSR count). The van der Waals surface area contributed by atoms with Gasteiger partial charge in [-0.2, -0.15) is 0 Å². The first-order chi connectivity index (χ1) is 5.00. The lowest BCUT2D eigenvalue weighted by molar-refractivity contribution is 0.689. The van der Waals surface area contributed by atoms with E-state index in [1.165, 1.54) is 6.42 Å². The molecule has 0 aliphatic carbocycles. The molecule has 0 aromatic carbocycles. The summed E-state index contributed by atoms with van der Waals surface area (Å²) in [7, 11) is 0. The second kappa shape index (κ2) is 5.22. The van der Waals surface area contributed by atoms with Crippen molar-refractivity contribution in [1.82, 2.24) is 21.7 Å². The fraction of sp³-hybridized carbons (Fsp3) is 0.667. The number of rotatable bonds is 0. The SMILES string of the molecule is C1=CNNC1.C1CNNC1. The molecule has 0 aromatic heterocycles. The molecule has 0 amide bonds. The van der Waals surface area contributed by atoms with Gasteiger partial charge in [0.05, 0.1) is 0 Å². The highest BCUT2D eigenvalue weighted by Crippen LogP contribution is 1.74. The van der Waals surface area contributed by atoms with Crippen LogP contribution in [0.2, 0.25) is 0 Å². The summed E-state index contributed by atoms with van der Waals surface area (Å²) >= 11 is 0. The minimum Gasteiger partial charge on any atom is -0.329 e. The highest BCUT2D eigenvalue weighted by molar-refractivity contribution is 4.85. The van der Waals surface area contributed by atoms with Crippen LogP contribution in [0.5, 0.6) is 0 Å². The number of hydrogen-bond acceptors (Lipinski definition) is 4. The molecule has 2 aliphatic heterocycles. The van der Waals surface area contributed by atoms with Gasteiger partial charge in [0.2, 0.25) is 0 Å². The number of hydrogen-bond donors (Lipinski definition) is 4. The molecule has 0 atom stereocenters. The van der Waals surface area contributed by atoms with E-state index in [0.717, 1.165) is 19.6 Å². The third kappa shape index (κ3) is 3.45. The molecule has 2 heterocycles. The molecule has 4 N–H and O–H groups in total. The quantitative estimate of drug-likeness (QED) is 0.354. The monoisotopic (exact) mass is 142 g/mol. The van der Waals surface area contributed by atoms with Gasteiger partial charge in [0, 0.05) is 25.8 Å². The van der Waals surface area contributed by atoms with Crippen LogP contribution < -0.4 is 21.7 Å². The fourth-order valence-corrected chi connectivity index (χ4v) is 0.737. The molecule has 1 saturated heterocycles. The smallest absolute Gasteiger partial charge is 0.0345 e. The third-order valence-corrected chi connectivity index (χ3v) is 1.25. The van der Waals surface area contributed by atoms with Crippen LogP contribution in [0.25, 0.3) is 0 Å². The highest BCUT2D eigenvalue weighted by Gasteiger charge is 1.91. The van der Waals surface area contributed by atoms with Crippen molar-refractivity contribution in [2.75, 3.05) is 19.6 Å². The van der Waals surface area contributed by atoms with Gasteiger partial charge in [0.25, 0.3) is 0 Å². The summed E-state index contributed by atoms with van der Waals surface area (Å²) in [4.78, 5) is 0. The molecule has 10 heavy (non-hydrogen) atoms. The lowest BCUT2D eigenvalue weighted by Crippen LogP contribution is -2.21. The molecule has 4 nitrogen and oxygen atoms in total. The summed E-state index contributed by atoms with van der Waals surface area (Å²) in [6, 6.07) is 0. The van der Waals surface area contributed by atoms with Crippen molar-refractivity contribution in [3.05, 3.63) is 12.3 Å². The molecule has 0 aromatic rings. The van der Waals surface area contributed by atoms with Gasteiger partial charge in [0.15, 0.2) is 0 Å². The van der Waals surface area contributed by atoms with Crippen LogP contribution in [-0.4, -0.2) is 19.6 Å². The lowest BCUT2D eigenvalue weighted by Gasteiger charge is -1.83.